The van der Waals surface area contributed by atoms with Gasteiger partial charge >= 0.3 is 5.97 Å². The molecule has 0 saturated carbocycles. The zero-order valence-corrected chi connectivity index (χ0v) is 25.9. The van der Waals surface area contributed by atoms with Crippen LogP contribution in [0.1, 0.15) is 43.5 Å². The molecule has 20 nitrogen and oxygen atoms in total. The first-order valence-corrected chi connectivity index (χ1v) is 13.5. The van der Waals surface area contributed by atoms with Crippen LogP contribution >= 0.6 is 0 Å². The number of nitrogens with two attached hydrogens (primary N) is 2. The Bertz CT molecular complexity index is 1920. The minimum Gasteiger partial charge on any atom is -0.465 e. The summed E-state index contributed by atoms with van der Waals surface area (Å²) in [4.78, 5) is 33.4. The Labute approximate surface area is 260 Å². The molecule has 5 aromatic rings. The monoisotopic (exact) mass is 630 g/mol. The van der Waals surface area contributed by atoms with Crippen LogP contribution in [-0.4, -0.2) is 79.7 Å². The lowest BCUT2D eigenvalue weighted by Gasteiger charge is -2.06. The Kier molecular flexibility index (Phi) is 8.20. The van der Waals surface area contributed by atoms with Crippen LogP contribution in [0.25, 0.3) is 11.8 Å². The molecular formula is C26H30N16O4. The molecule has 5 rings (SSSR count). The van der Waals surface area contributed by atoms with E-state index in [1.165, 1.54) is 32.0 Å². The molecule has 0 spiro atoms. The summed E-state index contributed by atoms with van der Waals surface area (Å²) in [6.45, 7) is 5.95. The summed E-state index contributed by atoms with van der Waals surface area (Å²) < 4.78 is 10.3. The number of methoxy groups -OCH3 is 1. The van der Waals surface area contributed by atoms with E-state index >= 15 is 0 Å². The number of rotatable bonds is 9. The maximum Gasteiger partial charge on any atom is 0.343 e. The number of aliphatic hydroxyl groups is 1. The van der Waals surface area contributed by atoms with Gasteiger partial charge in [0.05, 0.1) is 35.4 Å². The van der Waals surface area contributed by atoms with Crippen molar-refractivity contribution in [1.29, 1.82) is 0 Å². The van der Waals surface area contributed by atoms with Crippen LogP contribution in [0.4, 0.5) is 34.6 Å². The van der Waals surface area contributed by atoms with Gasteiger partial charge in [-0.1, -0.05) is 0 Å². The van der Waals surface area contributed by atoms with Crippen LogP contribution in [0.5, 0.6) is 0 Å². The molecule has 0 atom stereocenters. The number of anilines is 2. The molecule has 0 aromatic carbocycles. The number of nitrogens with zero attached hydrogens (tertiary/aromatic N) is 14. The van der Waals surface area contributed by atoms with Crippen molar-refractivity contribution < 1.29 is 19.4 Å². The van der Waals surface area contributed by atoms with Gasteiger partial charge in [0.2, 0.25) is 0 Å². The average Bonchev–Trinajstić information content (AvgIpc) is 3.68. The summed E-state index contributed by atoms with van der Waals surface area (Å²) in [5.41, 5.74) is 15.3. The van der Waals surface area contributed by atoms with Crippen molar-refractivity contribution in [2.45, 2.75) is 27.7 Å². The largest absolute Gasteiger partial charge is 0.465 e. The molecule has 0 radical (unpaired) electrons. The molecule has 0 fully saturated rings. The molecule has 0 aliphatic carbocycles. The van der Waals surface area contributed by atoms with Gasteiger partial charge in [-0.2, -0.15) is 34.7 Å². The van der Waals surface area contributed by atoms with Crippen LogP contribution in [0.2, 0.25) is 0 Å². The highest BCUT2D eigenvalue weighted by molar-refractivity contribution is 6.01. The summed E-state index contributed by atoms with van der Waals surface area (Å²) in [6.07, 6.45) is 1.47. The Balaban J connectivity index is 1.48. The van der Waals surface area contributed by atoms with Crippen molar-refractivity contribution in [3.63, 3.8) is 0 Å². The van der Waals surface area contributed by atoms with Crippen molar-refractivity contribution in [3.05, 3.63) is 46.2 Å². The van der Waals surface area contributed by atoms with Gasteiger partial charge in [0, 0.05) is 26.4 Å². The lowest BCUT2D eigenvalue weighted by molar-refractivity contribution is 0.0600. The molecular weight excluding hydrogens is 600 g/mol. The molecule has 5 heterocycles. The van der Waals surface area contributed by atoms with E-state index in [1.54, 1.807) is 47.9 Å². The number of aromatic nitrogens is 10. The number of ether oxygens (including phenoxy) is 1. The molecule has 5 aromatic heterocycles. The fourth-order valence-electron chi connectivity index (χ4n) is 4.67. The van der Waals surface area contributed by atoms with Gasteiger partial charge in [0.1, 0.15) is 12.2 Å². The molecule has 0 aliphatic rings. The highest BCUT2D eigenvalue weighted by atomic mass is 16.5. The number of hydrogen-bond acceptors (Lipinski definition) is 16. The van der Waals surface area contributed by atoms with Gasteiger partial charge in [-0.3, -0.25) is 4.79 Å². The second kappa shape index (κ2) is 12.1. The number of azo groups is 2. The number of carbonyl (C=O) groups is 2. The second-order valence-electron chi connectivity index (χ2n) is 9.97. The average molecular weight is 631 g/mol. The molecule has 0 aliphatic heterocycles. The first-order chi connectivity index (χ1) is 21.9. The molecule has 0 amide bonds. The fourth-order valence-corrected chi connectivity index (χ4v) is 4.67. The van der Waals surface area contributed by atoms with Crippen molar-refractivity contribution in [2.24, 2.45) is 34.6 Å². The number of hydrogen-bond donors (Lipinski definition) is 3. The quantitative estimate of drug-likeness (QED) is 0.120. The normalized spacial score (nSPS) is 11.7. The molecule has 0 bridgehead atoms. The maximum atomic E-state index is 12.3. The van der Waals surface area contributed by atoms with Crippen LogP contribution in [0, 0.1) is 27.7 Å². The molecule has 0 unspecified atom stereocenters. The number of aryl methyl sites for hydroxylation is 6. The Morgan fingerprint density at radius 2 is 1.33 bits per heavy atom. The van der Waals surface area contributed by atoms with Crippen molar-refractivity contribution in [1.82, 2.24) is 49.1 Å². The highest BCUT2D eigenvalue weighted by Crippen LogP contribution is 2.33. The summed E-state index contributed by atoms with van der Waals surface area (Å²) in [5, 5.41) is 43.6. The number of Topliss-reactive ketones (excluding diaryl/α,β-unsaturated/α-hetero) is 1. The first-order valence-electron chi connectivity index (χ1n) is 13.5. The van der Waals surface area contributed by atoms with E-state index in [9.17, 15) is 14.7 Å². The van der Waals surface area contributed by atoms with E-state index < -0.39 is 18.4 Å². The molecule has 0 saturated heterocycles. The Morgan fingerprint density at radius 3 is 1.89 bits per heavy atom. The van der Waals surface area contributed by atoms with Gasteiger partial charge in [0.15, 0.2) is 46.2 Å². The second-order valence-corrected chi connectivity index (χ2v) is 9.97. The number of aliphatic hydroxyl groups excluding tert-OH is 1. The zero-order valence-electron chi connectivity index (χ0n) is 25.9. The third-order valence-electron chi connectivity index (χ3n) is 6.85. The maximum absolute atomic E-state index is 12.3. The zero-order chi connectivity index (χ0) is 33.4. The number of nitrogen functional groups attached to an aromatic ring is 2. The summed E-state index contributed by atoms with van der Waals surface area (Å²) in [5.74, 6) is -0.266. The number of ketones is 1. The van der Waals surface area contributed by atoms with Crippen LogP contribution < -0.4 is 11.5 Å². The van der Waals surface area contributed by atoms with Gasteiger partial charge < -0.3 is 21.3 Å². The Hall–Kier alpha value is -6.18. The van der Waals surface area contributed by atoms with Crippen molar-refractivity contribution >= 4 is 46.4 Å². The van der Waals surface area contributed by atoms with E-state index in [0.29, 0.717) is 22.8 Å². The predicted molar refractivity (Wildman–Crippen MR) is 162 cm³/mol. The lowest BCUT2D eigenvalue weighted by Crippen LogP contribution is -2.10. The van der Waals surface area contributed by atoms with Crippen molar-refractivity contribution in [3.8, 4) is 11.8 Å². The van der Waals surface area contributed by atoms with E-state index in [-0.39, 0.29) is 57.5 Å². The van der Waals surface area contributed by atoms with Gasteiger partial charge in [-0.25, -0.2) is 19.1 Å². The fraction of sp³-hybridized carbons (Fsp3) is 0.308. The highest BCUT2D eigenvalue weighted by Gasteiger charge is 2.24. The molecule has 5 N–H and O–H groups in total. The van der Waals surface area contributed by atoms with Crippen molar-refractivity contribution in [2.75, 3.05) is 25.2 Å². The van der Waals surface area contributed by atoms with E-state index in [4.69, 9.17) is 16.2 Å². The molecule has 20 heteroatoms. The van der Waals surface area contributed by atoms with Crippen LogP contribution in [0.3, 0.4) is 0 Å². The lowest BCUT2D eigenvalue weighted by atomic mass is 10.1. The standard InChI is InChI=1S/C26H30N16O4/c1-11-17(15(44)10-43)23(39(5)35-11)33-31-19-13(3)37-41(21(19)27)16-8-9-29-26(30-16)42-22(28)20(14(4)38-42)32-34-24-18(25(45)46-7)12(2)36-40(24)6/h8-9,43H,10,27-28H2,1-7H3. The third-order valence-corrected chi connectivity index (χ3v) is 6.85. The van der Waals surface area contributed by atoms with E-state index in [0.717, 1.165) is 0 Å². The van der Waals surface area contributed by atoms with Gasteiger partial charge in [-0.15, -0.1) is 20.5 Å². The minimum absolute atomic E-state index is 0.0794. The summed E-state index contributed by atoms with van der Waals surface area (Å²) in [6, 6.07) is 1.57. The third kappa shape index (κ3) is 5.36. The minimum atomic E-state index is -0.699. The predicted octanol–water partition coefficient (Wildman–Crippen LogP) is 2.51. The smallest absolute Gasteiger partial charge is 0.343 e. The van der Waals surface area contributed by atoms with E-state index in [1.807, 2.05) is 0 Å². The first kappa shape index (κ1) is 31.3. The topological polar surface area (TPSA) is 262 Å². The van der Waals surface area contributed by atoms with E-state index in [2.05, 4.69) is 50.8 Å². The molecule has 238 valence electrons. The number of esters is 1. The number of carbonyl (C=O) groups excluding carboxylic acids is 2. The van der Waals surface area contributed by atoms with Gasteiger partial charge in [-0.05, 0) is 27.7 Å². The summed E-state index contributed by atoms with van der Waals surface area (Å²) >= 11 is 0. The van der Waals surface area contributed by atoms with Crippen LogP contribution in [0.15, 0.2) is 32.7 Å². The SMILES string of the molecule is COC(=O)c1c(C)nn(C)c1N=Nc1c(C)nn(-c2nccc(-n3nc(C)c(N=Nc4c(C(=O)CO)c(C)nn4C)c3N)n2)c1N. The Morgan fingerprint density at radius 1 is 0.804 bits per heavy atom. The van der Waals surface area contributed by atoms with Gasteiger partial charge in [0.25, 0.3) is 5.95 Å². The molecule has 46 heavy (non-hydrogen) atoms. The summed E-state index contributed by atoms with van der Waals surface area (Å²) in [7, 11) is 4.49. The van der Waals surface area contributed by atoms with Crippen LogP contribution in [-0.2, 0) is 18.8 Å².